The maximum atomic E-state index is 6.03. The van der Waals surface area contributed by atoms with E-state index in [4.69, 9.17) is 14.9 Å². The van der Waals surface area contributed by atoms with Gasteiger partial charge in [0.25, 0.3) is 0 Å². The Balaban J connectivity index is 1.92. The van der Waals surface area contributed by atoms with Crippen molar-refractivity contribution < 1.29 is 9.15 Å². The number of rotatable bonds is 3. The zero-order valence-corrected chi connectivity index (χ0v) is 13.0. The summed E-state index contributed by atoms with van der Waals surface area (Å²) in [6.45, 7) is 6.14. The van der Waals surface area contributed by atoms with Gasteiger partial charge in [0.15, 0.2) is 11.4 Å². The van der Waals surface area contributed by atoms with Crippen LogP contribution in [0.5, 0.6) is 5.75 Å². The molecule has 7 heteroatoms. The number of nitrogen functional groups attached to an aromatic ring is 1. The Labute approximate surface area is 133 Å². The average molecular weight is 313 g/mol. The number of ether oxygens (including phenoxy) is 1. The molecule has 3 N–H and O–H groups in total. The second-order valence-electron chi connectivity index (χ2n) is 5.51. The molecule has 3 aromatic rings. The Bertz CT molecular complexity index is 854. The number of nitrogens with two attached hydrogens (primary N) is 1. The minimum absolute atomic E-state index is 0.260. The van der Waals surface area contributed by atoms with Gasteiger partial charge in [0.1, 0.15) is 16.8 Å². The van der Waals surface area contributed by atoms with Gasteiger partial charge in [-0.3, -0.25) is 0 Å². The van der Waals surface area contributed by atoms with Crippen LogP contribution in [0.15, 0.2) is 22.6 Å². The summed E-state index contributed by atoms with van der Waals surface area (Å²) in [5.41, 5.74) is 8.13. The summed E-state index contributed by atoms with van der Waals surface area (Å²) in [5.74, 6) is 1.82. The molecule has 4 rings (SSSR count). The number of fused-ring (bicyclic) bond motifs is 3. The lowest BCUT2D eigenvalue weighted by molar-refractivity contribution is 0.340. The summed E-state index contributed by atoms with van der Waals surface area (Å²) in [7, 11) is 0. The Morgan fingerprint density at radius 1 is 1.30 bits per heavy atom. The molecule has 0 unspecified atom stereocenters. The number of aromatic nitrogens is 2. The first kappa shape index (κ1) is 14.1. The Hall–Kier alpha value is -2.54. The highest BCUT2D eigenvalue weighted by Gasteiger charge is 2.21. The van der Waals surface area contributed by atoms with Crippen molar-refractivity contribution in [3.63, 3.8) is 0 Å². The van der Waals surface area contributed by atoms with E-state index in [0.29, 0.717) is 12.2 Å². The molecule has 0 atom stereocenters. The van der Waals surface area contributed by atoms with Crippen LogP contribution >= 0.6 is 0 Å². The van der Waals surface area contributed by atoms with Crippen molar-refractivity contribution in [1.82, 2.24) is 15.3 Å². The summed E-state index contributed by atoms with van der Waals surface area (Å²) in [6.07, 6.45) is 0. The van der Waals surface area contributed by atoms with Crippen LogP contribution < -0.4 is 20.7 Å². The number of hydrogen-bond donors (Lipinski definition) is 2. The second kappa shape index (κ2) is 5.58. The molecular weight excluding hydrogens is 294 g/mol. The molecule has 0 aliphatic carbocycles. The number of nitrogens with zero attached hydrogens (tertiary/aromatic N) is 3. The molecule has 1 aliphatic heterocycles. The lowest BCUT2D eigenvalue weighted by Crippen LogP contribution is -2.44. The smallest absolute Gasteiger partial charge is 0.222 e. The first-order valence-electron chi connectivity index (χ1n) is 7.84. The maximum absolute atomic E-state index is 6.03. The van der Waals surface area contributed by atoms with E-state index in [9.17, 15) is 0 Å². The van der Waals surface area contributed by atoms with E-state index >= 15 is 0 Å². The largest absolute Gasteiger partial charge is 0.494 e. The summed E-state index contributed by atoms with van der Waals surface area (Å²) in [6, 6.07) is 5.74. The predicted octanol–water partition coefficient (Wildman–Crippen LogP) is 1.77. The molecule has 1 aromatic carbocycles. The van der Waals surface area contributed by atoms with Crippen molar-refractivity contribution in [2.24, 2.45) is 0 Å². The average Bonchev–Trinajstić information content (AvgIpc) is 2.93. The van der Waals surface area contributed by atoms with E-state index in [2.05, 4.69) is 20.2 Å². The van der Waals surface area contributed by atoms with Gasteiger partial charge in [0.05, 0.1) is 12.0 Å². The van der Waals surface area contributed by atoms with Gasteiger partial charge in [-0.1, -0.05) is 0 Å². The molecule has 23 heavy (non-hydrogen) atoms. The quantitative estimate of drug-likeness (QED) is 0.761. The molecule has 2 aromatic heterocycles. The van der Waals surface area contributed by atoms with Crippen molar-refractivity contribution in [3.8, 4) is 5.75 Å². The number of hydrogen-bond acceptors (Lipinski definition) is 7. The van der Waals surface area contributed by atoms with Crippen LogP contribution in [0, 0.1) is 0 Å². The molecule has 3 heterocycles. The summed E-state index contributed by atoms with van der Waals surface area (Å²) in [4.78, 5) is 11.0. The van der Waals surface area contributed by atoms with Crippen molar-refractivity contribution >= 4 is 33.8 Å². The SMILES string of the molecule is CCOc1ccc2oc3c(N4CCNCC4)nc(N)nc3c2c1. The van der Waals surface area contributed by atoms with Crippen LogP contribution in [0.1, 0.15) is 6.92 Å². The molecule has 0 saturated carbocycles. The van der Waals surface area contributed by atoms with Gasteiger partial charge in [-0.15, -0.1) is 0 Å². The fourth-order valence-corrected chi connectivity index (χ4v) is 2.97. The predicted molar refractivity (Wildman–Crippen MR) is 90.0 cm³/mol. The third-order valence-electron chi connectivity index (χ3n) is 4.01. The van der Waals surface area contributed by atoms with E-state index in [-0.39, 0.29) is 5.95 Å². The van der Waals surface area contributed by atoms with Gasteiger partial charge in [-0.2, -0.15) is 4.98 Å². The molecule has 0 amide bonds. The number of piperazine rings is 1. The monoisotopic (exact) mass is 313 g/mol. The van der Waals surface area contributed by atoms with E-state index in [1.54, 1.807) is 0 Å². The van der Waals surface area contributed by atoms with Gasteiger partial charge in [0.2, 0.25) is 5.95 Å². The number of furan rings is 1. The molecule has 0 spiro atoms. The Morgan fingerprint density at radius 3 is 2.91 bits per heavy atom. The van der Waals surface area contributed by atoms with Gasteiger partial charge in [-0.25, -0.2) is 4.98 Å². The van der Waals surface area contributed by atoms with Crippen LogP contribution in [0.2, 0.25) is 0 Å². The standard InChI is InChI=1S/C16H19N5O2/c1-2-22-10-3-4-12-11(9-10)13-14(23-12)15(20-16(17)19-13)21-7-5-18-6-8-21/h3-4,9,18H,2,5-8H2,1H3,(H2,17,19,20). The topological polar surface area (TPSA) is 89.4 Å². The minimum Gasteiger partial charge on any atom is -0.494 e. The first-order valence-corrected chi connectivity index (χ1v) is 7.84. The fourth-order valence-electron chi connectivity index (χ4n) is 2.97. The second-order valence-corrected chi connectivity index (χ2v) is 5.51. The van der Waals surface area contributed by atoms with E-state index in [1.165, 1.54) is 0 Å². The zero-order valence-electron chi connectivity index (χ0n) is 13.0. The van der Waals surface area contributed by atoms with Gasteiger partial charge in [-0.05, 0) is 25.1 Å². The van der Waals surface area contributed by atoms with E-state index < -0.39 is 0 Å². The number of anilines is 2. The Morgan fingerprint density at radius 2 is 2.13 bits per heavy atom. The number of benzene rings is 1. The third kappa shape index (κ3) is 2.43. The van der Waals surface area contributed by atoms with Gasteiger partial charge >= 0.3 is 0 Å². The molecule has 7 nitrogen and oxygen atoms in total. The van der Waals surface area contributed by atoms with Gasteiger partial charge < -0.3 is 25.1 Å². The molecule has 0 radical (unpaired) electrons. The van der Waals surface area contributed by atoms with Crippen LogP contribution in [-0.2, 0) is 0 Å². The number of nitrogens with one attached hydrogen (secondary N) is 1. The van der Waals surface area contributed by atoms with Crippen LogP contribution in [0.3, 0.4) is 0 Å². The van der Waals surface area contributed by atoms with Crippen LogP contribution in [0.25, 0.3) is 22.1 Å². The summed E-state index contributed by atoms with van der Waals surface area (Å²) < 4.78 is 11.6. The lowest BCUT2D eigenvalue weighted by Gasteiger charge is -2.28. The summed E-state index contributed by atoms with van der Waals surface area (Å²) >= 11 is 0. The minimum atomic E-state index is 0.260. The molecule has 0 bridgehead atoms. The summed E-state index contributed by atoms with van der Waals surface area (Å²) in [5, 5.41) is 4.23. The molecular formula is C16H19N5O2. The fraction of sp³-hybridized carbons (Fsp3) is 0.375. The van der Waals surface area contributed by atoms with Crippen molar-refractivity contribution in [1.29, 1.82) is 0 Å². The highest BCUT2D eigenvalue weighted by molar-refractivity contribution is 6.06. The third-order valence-corrected chi connectivity index (χ3v) is 4.01. The van der Waals surface area contributed by atoms with E-state index in [1.807, 2.05) is 25.1 Å². The van der Waals surface area contributed by atoms with Crippen LogP contribution in [-0.4, -0.2) is 42.8 Å². The first-order chi connectivity index (χ1) is 11.3. The maximum Gasteiger partial charge on any atom is 0.222 e. The lowest BCUT2D eigenvalue weighted by atomic mass is 10.2. The molecule has 1 fully saturated rings. The highest BCUT2D eigenvalue weighted by Crippen LogP contribution is 2.35. The molecule has 1 aliphatic rings. The highest BCUT2D eigenvalue weighted by atomic mass is 16.5. The zero-order chi connectivity index (χ0) is 15.8. The molecule has 120 valence electrons. The van der Waals surface area contributed by atoms with Crippen LogP contribution in [0.4, 0.5) is 11.8 Å². The van der Waals surface area contributed by atoms with Crippen molar-refractivity contribution in [2.75, 3.05) is 43.4 Å². The van der Waals surface area contributed by atoms with Crippen molar-refractivity contribution in [3.05, 3.63) is 18.2 Å². The normalized spacial score (nSPS) is 15.4. The molecule has 1 saturated heterocycles. The van der Waals surface area contributed by atoms with Gasteiger partial charge in [0, 0.05) is 26.2 Å². The van der Waals surface area contributed by atoms with Crippen molar-refractivity contribution in [2.45, 2.75) is 6.92 Å². The Kier molecular flexibility index (Phi) is 3.42. The van der Waals surface area contributed by atoms with E-state index in [0.717, 1.165) is 54.2 Å².